The van der Waals surface area contributed by atoms with Crippen LogP contribution in [0.15, 0.2) is 16.6 Å². The van der Waals surface area contributed by atoms with Crippen LogP contribution in [0.25, 0.3) is 0 Å². The molecule has 114 valence electrons. The molecule has 0 unspecified atom stereocenters. The van der Waals surface area contributed by atoms with Crippen LogP contribution in [0, 0.1) is 0 Å². The molecule has 0 aromatic heterocycles. The topological polar surface area (TPSA) is 89.9 Å². The summed E-state index contributed by atoms with van der Waals surface area (Å²) < 4.78 is 0.576. The van der Waals surface area contributed by atoms with E-state index in [1.807, 2.05) is 0 Å². The van der Waals surface area contributed by atoms with Gasteiger partial charge in [0.05, 0.1) is 21.8 Å². The summed E-state index contributed by atoms with van der Waals surface area (Å²) in [5, 5.41) is 21.5. The minimum Gasteiger partial charge on any atom is -0.480 e. The Balaban J connectivity index is 2.18. The second-order valence-electron chi connectivity index (χ2n) is 4.55. The summed E-state index contributed by atoms with van der Waals surface area (Å²) in [7, 11) is 0. The van der Waals surface area contributed by atoms with E-state index in [9.17, 15) is 14.7 Å². The highest BCUT2D eigenvalue weighted by molar-refractivity contribution is 9.10. The van der Waals surface area contributed by atoms with Gasteiger partial charge in [-0.25, -0.2) is 9.59 Å². The maximum atomic E-state index is 12.2. The summed E-state index contributed by atoms with van der Waals surface area (Å²) in [5.74, 6) is -1.17. The number of carbonyl (C=O) groups excluding carboxylic acids is 1. The zero-order valence-corrected chi connectivity index (χ0v) is 13.6. The number of rotatable bonds is 2. The van der Waals surface area contributed by atoms with Gasteiger partial charge < -0.3 is 20.4 Å². The molecule has 1 aromatic rings. The average molecular weight is 398 g/mol. The van der Waals surface area contributed by atoms with Crippen LogP contribution in [0.3, 0.4) is 0 Å². The number of nitrogens with zero attached hydrogens (tertiary/aromatic N) is 1. The van der Waals surface area contributed by atoms with Gasteiger partial charge in [-0.1, -0.05) is 23.2 Å². The minimum atomic E-state index is -1.17. The van der Waals surface area contributed by atoms with Crippen LogP contribution in [0.1, 0.15) is 6.42 Å². The van der Waals surface area contributed by atoms with E-state index < -0.39 is 24.1 Å². The van der Waals surface area contributed by atoms with Gasteiger partial charge in [0.25, 0.3) is 0 Å². The summed E-state index contributed by atoms with van der Waals surface area (Å²) in [4.78, 5) is 24.3. The maximum Gasteiger partial charge on any atom is 0.326 e. The number of aliphatic hydroxyl groups excluding tert-OH is 1. The van der Waals surface area contributed by atoms with Crippen molar-refractivity contribution < 1.29 is 19.8 Å². The second-order valence-corrected chi connectivity index (χ2v) is 6.16. The number of hydrogen-bond donors (Lipinski definition) is 3. The molecule has 1 heterocycles. The van der Waals surface area contributed by atoms with Crippen LogP contribution in [-0.4, -0.2) is 45.8 Å². The second kappa shape index (κ2) is 6.39. The highest BCUT2D eigenvalue weighted by Gasteiger charge is 2.39. The average Bonchev–Trinajstić information content (AvgIpc) is 2.82. The molecule has 6 nitrogen and oxygen atoms in total. The molecule has 2 atom stereocenters. The predicted octanol–water partition coefficient (Wildman–Crippen LogP) is 2.81. The van der Waals surface area contributed by atoms with Crippen molar-refractivity contribution in [1.29, 1.82) is 0 Å². The molecule has 1 aliphatic rings. The van der Waals surface area contributed by atoms with E-state index in [0.717, 1.165) is 4.90 Å². The van der Waals surface area contributed by atoms with Gasteiger partial charge in [0, 0.05) is 17.4 Å². The number of anilines is 1. The van der Waals surface area contributed by atoms with Crippen LogP contribution >= 0.6 is 39.1 Å². The molecule has 21 heavy (non-hydrogen) atoms. The number of carbonyl (C=O) groups is 2. The number of β-amino-alcohol motifs (C(OH)–C–C–N with tert-alkyl or cyclic N) is 1. The molecule has 3 N–H and O–H groups in total. The summed E-state index contributed by atoms with van der Waals surface area (Å²) >= 11 is 15.2. The lowest BCUT2D eigenvalue weighted by molar-refractivity contribution is -0.141. The zero-order chi connectivity index (χ0) is 15.7. The molecule has 1 aliphatic heterocycles. The molecule has 1 saturated heterocycles. The fraction of sp³-hybridized carbons (Fsp3) is 0.333. The van der Waals surface area contributed by atoms with Gasteiger partial charge in [0.15, 0.2) is 0 Å². The molecule has 0 bridgehead atoms. The SMILES string of the molecule is O=C(O)[C@@H]1C[C@H](O)CN1C(=O)Nc1ccc(Br)c(Cl)c1Cl. The van der Waals surface area contributed by atoms with Crippen molar-refractivity contribution in [3.8, 4) is 0 Å². The van der Waals surface area contributed by atoms with Crippen LogP contribution in [0.2, 0.25) is 10.0 Å². The number of hydrogen-bond acceptors (Lipinski definition) is 3. The Labute approximate surface area is 138 Å². The largest absolute Gasteiger partial charge is 0.480 e. The number of amides is 2. The first-order chi connectivity index (χ1) is 9.81. The standard InChI is InChI=1S/C12H11BrCl2N2O4/c13-6-1-2-7(10(15)9(6)14)16-12(21)17-4-5(18)3-8(17)11(19)20/h1-2,5,8,18H,3-4H2,(H,16,21)(H,19,20)/t5-,8-/m0/s1. The molecule has 2 amide bonds. The lowest BCUT2D eigenvalue weighted by Crippen LogP contribution is -2.43. The number of urea groups is 1. The van der Waals surface area contributed by atoms with Gasteiger partial charge in [-0.05, 0) is 28.1 Å². The number of aliphatic hydroxyl groups is 1. The molecule has 0 aliphatic carbocycles. The Hall–Kier alpha value is -1.02. The molecule has 0 spiro atoms. The van der Waals surface area contributed by atoms with Crippen molar-refractivity contribution >= 4 is 56.8 Å². The Morgan fingerprint density at radius 2 is 2.00 bits per heavy atom. The van der Waals surface area contributed by atoms with E-state index in [0.29, 0.717) is 4.47 Å². The van der Waals surface area contributed by atoms with E-state index in [1.54, 1.807) is 12.1 Å². The molecule has 9 heteroatoms. The third-order valence-electron chi connectivity index (χ3n) is 3.10. The third-order valence-corrected chi connectivity index (χ3v) is 4.87. The van der Waals surface area contributed by atoms with Gasteiger partial charge in [-0.3, -0.25) is 0 Å². The van der Waals surface area contributed by atoms with Crippen molar-refractivity contribution in [3.63, 3.8) is 0 Å². The Morgan fingerprint density at radius 1 is 1.33 bits per heavy atom. The normalized spacial score (nSPS) is 21.4. The number of halogens is 3. The van der Waals surface area contributed by atoms with Gasteiger partial charge in [-0.2, -0.15) is 0 Å². The van der Waals surface area contributed by atoms with Crippen LogP contribution in [-0.2, 0) is 4.79 Å². The highest BCUT2D eigenvalue weighted by Crippen LogP contribution is 2.36. The van der Waals surface area contributed by atoms with Crippen molar-refractivity contribution in [2.24, 2.45) is 0 Å². The molecule has 2 rings (SSSR count). The fourth-order valence-corrected chi connectivity index (χ4v) is 2.90. The first-order valence-corrected chi connectivity index (χ1v) is 7.48. The number of carboxylic acid groups (broad SMARTS) is 1. The molecule has 1 aromatic carbocycles. The summed E-state index contributed by atoms with van der Waals surface area (Å²) in [6.45, 7) is -0.0509. The van der Waals surface area contributed by atoms with E-state index in [2.05, 4.69) is 21.2 Å². The number of aliphatic carboxylic acids is 1. The van der Waals surface area contributed by atoms with Gasteiger partial charge in [-0.15, -0.1) is 0 Å². The number of carboxylic acids is 1. The van der Waals surface area contributed by atoms with Gasteiger partial charge in [0.2, 0.25) is 0 Å². The Kier molecular flexibility index (Phi) is 4.98. The highest BCUT2D eigenvalue weighted by atomic mass is 79.9. The van der Waals surface area contributed by atoms with Crippen molar-refractivity contribution in [2.75, 3.05) is 11.9 Å². The molecular weight excluding hydrogens is 387 g/mol. The van der Waals surface area contributed by atoms with Gasteiger partial charge in [0.1, 0.15) is 6.04 Å². The molecule has 1 fully saturated rings. The monoisotopic (exact) mass is 396 g/mol. The van der Waals surface area contributed by atoms with Crippen molar-refractivity contribution in [1.82, 2.24) is 4.90 Å². The van der Waals surface area contributed by atoms with E-state index in [1.165, 1.54) is 0 Å². The van der Waals surface area contributed by atoms with Crippen molar-refractivity contribution in [3.05, 3.63) is 26.7 Å². The van der Waals surface area contributed by atoms with E-state index in [-0.39, 0.29) is 28.7 Å². The third kappa shape index (κ3) is 3.42. The summed E-state index contributed by atoms with van der Waals surface area (Å²) in [5.41, 5.74) is 0.264. The van der Waals surface area contributed by atoms with Crippen LogP contribution in [0.5, 0.6) is 0 Å². The Bertz CT molecular complexity index is 599. The number of benzene rings is 1. The number of nitrogens with one attached hydrogen (secondary N) is 1. The number of likely N-dealkylation sites (tertiary alicyclic amines) is 1. The van der Waals surface area contributed by atoms with E-state index in [4.69, 9.17) is 28.3 Å². The van der Waals surface area contributed by atoms with Crippen molar-refractivity contribution in [2.45, 2.75) is 18.6 Å². The predicted molar refractivity (Wildman–Crippen MR) is 81.9 cm³/mol. The minimum absolute atomic E-state index is 0.00240. The zero-order valence-electron chi connectivity index (χ0n) is 10.5. The molecule has 0 radical (unpaired) electrons. The lowest BCUT2D eigenvalue weighted by atomic mass is 10.2. The smallest absolute Gasteiger partial charge is 0.326 e. The van der Waals surface area contributed by atoms with Gasteiger partial charge >= 0.3 is 12.0 Å². The summed E-state index contributed by atoms with van der Waals surface area (Å²) in [6, 6.07) is 1.43. The quantitative estimate of drug-likeness (QED) is 0.669. The summed E-state index contributed by atoms with van der Waals surface area (Å²) in [6.07, 6.45) is -0.863. The van der Waals surface area contributed by atoms with Crippen LogP contribution < -0.4 is 5.32 Å². The lowest BCUT2D eigenvalue weighted by Gasteiger charge is -2.22. The first kappa shape index (κ1) is 16.4. The van der Waals surface area contributed by atoms with Crippen LogP contribution in [0.4, 0.5) is 10.5 Å². The fourth-order valence-electron chi connectivity index (χ4n) is 2.08. The maximum absolute atomic E-state index is 12.2. The first-order valence-electron chi connectivity index (χ1n) is 5.93. The molecular formula is C12H11BrCl2N2O4. The van der Waals surface area contributed by atoms with E-state index >= 15 is 0 Å². The Morgan fingerprint density at radius 3 is 2.62 bits per heavy atom. The molecule has 0 saturated carbocycles.